The summed E-state index contributed by atoms with van der Waals surface area (Å²) in [5, 5.41) is 30.0. The van der Waals surface area contributed by atoms with Gasteiger partial charge in [-0.05, 0) is 43.3 Å². The summed E-state index contributed by atoms with van der Waals surface area (Å²) in [5.41, 5.74) is 1.23. The van der Waals surface area contributed by atoms with Crippen molar-refractivity contribution in [3.05, 3.63) is 104 Å². The molecule has 4 aromatic rings. The van der Waals surface area contributed by atoms with Gasteiger partial charge in [0.2, 0.25) is 5.89 Å². The minimum absolute atomic E-state index is 0.0000591. The van der Waals surface area contributed by atoms with Gasteiger partial charge < -0.3 is 9.15 Å². The van der Waals surface area contributed by atoms with Crippen molar-refractivity contribution in [3.8, 4) is 11.5 Å². The maximum absolute atomic E-state index is 12.5. The molecule has 0 radical (unpaired) electrons. The molecule has 12 heteroatoms. The fourth-order valence-electron chi connectivity index (χ4n) is 2.97. The summed E-state index contributed by atoms with van der Waals surface area (Å²) in [4.78, 5) is 35.0. The minimum atomic E-state index is -0.796. The normalized spacial score (nSPS) is 10.7. The smallest absolute Gasteiger partial charge is 0.338 e. The number of aryl methyl sites for hydroxylation is 1. The monoisotopic (exact) mass is 492 g/mol. The first-order chi connectivity index (χ1) is 16.8. The van der Waals surface area contributed by atoms with Crippen LogP contribution in [0.15, 0.2) is 80.9 Å². The highest BCUT2D eigenvalue weighted by atomic mass is 32.2. The van der Waals surface area contributed by atoms with Crippen LogP contribution in [0.4, 0.5) is 11.4 Å². The van der Waals surface area contributed by atoms with Crippen LogP contribution in [0.5, 0.6) is 0 Å². The number of nitro groups is 2. The average molecular weight is 492 g/mol. The predicted molar refractivity (Wildman–Crippen MR) is 124 cm³/mol. The van der Waals surface area contributed by atoms with Crippen molar-refractivity contribution >= 4 is 29.1 Å². The highest BCUT2D eigenvalue weighted by Gasteiger charge is 2.20. The molecule has 11 nitrogen and oxygen atoms in total. The third-order valence-electron chi connectivity index (χ3n) is 4.76. The summed E-state index contributed by atoms with van der Waals surface area (Å²) < 4.78 is 10.6. The number of non-ortho nitro benzene ring substituents is 1. The third kappa shape index (κ3) is 5.68. The number of nitro benzene ring substituents is 2. The van der Waals surface area contributed by atoms with Crippen LogP contribution >= 0.6 is 11.8 Å². The Morgan fingerprint density at radius 1 is 0.971 bits per heavy atom. The first kappa shape index (κ1) is 23.6. The van der Waals surface area contributed by atoms with E-state index >= 15 is 0 Å². The van der Waals surface area contributed by atoms with E-state index in [1.165, 1.54) is 48.2 Å². The Kier molecular flexibility index (Phi) is 6.83. The predicted octanol–water partition coefficient (Wildman–Crippen LogP) is 5.37. The third-order valence-corrected chi connectivity index (χ3v) is 5.83. The van der Waals surface area contributed by atoms with Gasteiger partial charge in [0.15, 0.2) is 6.61 Å². The lowest BCUT2D eigenvalue weighted by Crippen LogP contribution is -2.06. The number of nitrogens with zero attached hydrogens (tertiary/aromatic N) is 4. The summed E-state index contributed by atoms with van der Waals surface area (Å²) in [6, 6.07) is 17.2. The van der Waals surface area contributed by atoms with E-state index in [9.17, 15) is 25.0 Å². The van der Waals surface area contributed by atoms with Gasteiger partial charge in [0.25, 0.3) is 17.3 Å². The molecule has 0 aliphatic rings. The SMILES string of the molecule is Cc1ccc(Sc2ccc(C(=O)OCc3nnc(-c4ccc([N+](=O)[O-])cc4)o3)cc2[N+](=O)[O-])cc1. The van der Waals surface area contributed by atoms with Gasteiger partial charge in [0.05, 0.1) is 20.3 Å². The molecule has 0 saturated carbocycles. The Balaban J connectivity index is 1.43. The van der Waals surface area contributed by atoms with Crippen LogP contribution < -0.4 is 0 Å². The molecule has 0 saturated heterocycles. The molecule has 0 unspecified atom stereocenters. The van der Waals surface area contributed by atoms with E-state index in [2.05, 4.69) is 10.2 Å². The van der Waals surface area contributed by atoms with Crippen LogP contribution in [0.3, 0.4) is 0 Å². The van der Waals surface area contributed by atoms with Gasteiger partial charge in [-0.1, -0.05) is 29.5 Å². The first-order valence-electron chi connectivity index (χ1n) is 10.1. The van der Waals surface area contributed by atoms with Crippen molar-refractivity contribution in [3.63, 3.8) is 0 Å². The molecule has 4 rings (SSSR count). The maximum atomic E-state index is 12.5. The minimum Gasteiger partial charge on any atom is -0.452 e. The molecule has 3 aromatic carbocycles. The average Bonchev–Trinajstić information content (AvgIpc) is 3.33. The zero-order chi connectivity index (χ0) is 24.9. The van der Waals surface area contributed by atoms with Crippen molar-refractivity contribution in [2.24, 2.45) is 0 Å². The molecule has 0 fully saturated rings. The summed E-state index contributed by atoms with van der Waals surface area (Å²) in [6.07, 6.45) is 0. The fourth-order valence-corrected chi connectivity index (χ4v) is 3.87. The van der Waals surface area contributed by atoms with Crippen LogP contribution in [0.1, 0.15) is 21.8 Å². The van der Waals surface area contributed by atoms with Gasteiger partial charge in [0, 0.05) is 28.7 Å². The number of aromatic nitrogens is 2. The Morgan fingerprint density at radius 3 is 2.34 bits per heavy atom. The number of hydrogen-bond donors (Lipinski definition) is 0. The van der Waals surface area contributed by atoms with Crippen LogP contribution in [-0.2, 0) is 11.3 Å². The fraction of sp³-hybridized carbons (Fsp3) is 0.0870. The number of benzene rings is 3. The quantitative estimate of drug-likeness (QED) is 0.178. The lowest BCUT2D eigenvalue weighted by Gasteiger charge is -2.06. The van der Waals surface area contributed by atoms with E-state index in [0.717, 1.165) is 16.5 Å². The Hall–Kier alpha value is -4.58. The van der Waals surface area contributed by atoms with Gasteiger partial charge in [-0.2, -0.15) is 0 Å². The maximum Gasteiger partial charge on any atom is 0.338 e. The van der Waals surface area contributed by atoms with E-state index < -0.39 is 15.8 Å². The molecule has 0 bridgehead atoms. The Morgan fingerprint density at radius 2 is 1.69 bits per heavy atom. The summed E-state index contributed by atoms with van der Waals surface area (Å²) in [6.45, 7) is 1.59. The van der Waals surface area contributed by atoms with Crippen molar-refractivity contribution in [1.82, 2.24) is 10.2 Å². The largest absolute Gasteiger partial charge is 0.452 e. The zero-order valence-corrected chi connectivity index (χ0v) is 18.9. The van der Waals surface area contributed by atoms with Crippen molar-refractivity contribution in [1.29, 1.82) is 0 Å². The number of rotatable bonds is 8. The van der Waals surface area contributed by atoms with E-state index in [-0.39, 0.29) is 35.3 Å². The Labute approximate surface area is 202 Å². The van der Waals surface area contributed by atoms with Gasteiger partial charge in [0.1, 0.15) is 0 Å². The molecular formula is C23H16N4O7S. The van der Waals surface area contributed by atoms with Gasteiger partial charge >= 0.3 is 5.97 Å². The molecule has 0 spiro atoms. The van der Waals surface area contributed by atoms with E-state index in [1.807, 2.05) is 31.2 Å². The second kappa shape index (κ2) is 10.1. The van der Waals surface area contributed by atoms with Crippen molar-refractivity contribution < 1.29 is 23.8 Å². The van der Waals surface area contributed by atoms with Gasteiger partial charge in [-0.3, -0.25) is 20.2 Å². The van der Waals surface area contributed by atoms with E-state index in [0.29, 0.717) is 10.5 Å². The molecular weight excluding hydrogens is 476 g/mol. The zero-order valence-electron chi connectivity index (χ0n) is 18.1. The van der Waals surface area contributed by atoms with Crippen LogP contribution in [-0.4, -0.2) is 26.0 Å². The highest BCUT2D eigenvalue weighted by molar-refractivity contribution is 7.99. The molecule has 176 valence electrons. The number of carbonyl (C=O) groups excluding carboxylic acids is 1. The standard InChI is InChI=1S/C23H16N4O7S/c1-14-2-9-18(10-3-14)35-20-11-6-16(12-19(20)27(31)32)23(28)33-13-21-24-25-22(34-21)15-4-7-17(8-5-15)26(29)30/h2-12H,13H2,1H3. The van der Waals surface area contributed by atoms with Crippen LogP contribution in [0.25, 0.3) is 11.5 Å². The molecule has 1 aromatic heterocycles. The Bertz CT molecular complexity index is 1400. The second-order valence-corrected chi connectivity index (χ2v) is 8.35. The number of esters is 1. The van der Waals surface area contributed by atoms with Crippen molar-refractivity contribution in [2.45, 2.75) is 23.3 Å². The number of carbonyl (C=O) groups is 1. The number of hydrogen-bond acceptors (Lipinski definition) is 10. The van der Waals surface area contributed by atoms with E-state index in [4.69, 9.17) is 9.15 Å². The second-order valence-electron chi connectivity index (χ2n) is 7.24. The van der Waals surface area contributed by atoms with Crippen LogP contribution in [0.2, 0.25) is 0 Å². The summed E-state index contributed by atoms with van der Waals surface area (Å²) >= 11 is 1.22. The molecule has 1 heterocycles. The molecule has 0 aliphatic carbocycles. The topological polar surface area (TPSA) is 152 Å². The van der Waals surface area contributed by atoms with Crippen molar-refractivity contribution in [2.75, 3.05) is 0 Å². The van der Waals surface area contributed by atoms with Gasteiger partial charge in [-0.25, -0.2) is 4.79 Å². The summed E-state index contributed by atoms with van der Waals surface area (Å²) in [5.74, 6) is -0.707. The molecule has 0 aliphatic heterocycles. The first-order valence-corrected chi connectivity index (χ1v) is 10.9. The molecule has 35 heavy (non-hydrogen) atoms. The molecule has 0 atom stereocenters. The molecule has 0 N–H and O–H groups in total. The lowest BCUT2D eigenvalue weighted by molar-refractivity contribution is -0.387. The lowest BCUT2D eigenvalue weighted by atomic mass is 10.2. The summed E-state index contributed by atoms with van der Waals surface area (Å²) in [7, 11) is 0. The van der Waals surface area contributed by atoms with Crippen LogP contribution in [0, 0.1) is 27.2 Å². The highest BCUT2D eigenvalue weighted by Crippen LogP contribution is 2.35. The molecule has 0 amide bonds. The number of ether oxygens (including phenoxy) is 1. The van der Waals surface area contributed by atoms with E-state index in [1.54, 1.807) is 0 Å². The van der Waals surface area contributed by atoms with Gasteiger partial charge in [-0.15, -0.1) is 10.2 Å².